The van der Waals surface area contributed by atoms with Crippen LogP contribution in [-0.2, 0) is 21.4 Å². The number of aliphatic carboxylic acids is 2. The van der Waals surface area contributed by atoms with Crippen LogP contribution >= 0.6 is 0 Å². The van der Waals surface area contributed by atoms with E-state index in [0.29, 0.717) is 11.2 Å². The van der Waals surface area contributed by atoms with Crippen molar-refractivity contribution in [3.05, 3.63) is 29.3 Å². The fourth-order valence-electron chi connectivity index (χ4n) is 5.45. The molecule has 1 saturated carbocycles. The standard InChI is InChI=1S/C17H23NO.C4H6O6/c1-18-9-8-17-7-3-2-4-14(17)16(18)10-12-5-6-13(19)11-15(12)17;5-1(3(7)8)2(6)4(9)10/h5-6,11,14,16,19H,2-4,7-10H2,1H3;1-2,5-6H,(H,7,8)(H,9,10)/t14-,16+,17+;1-,2+/m1./s1. The monoisotopic (exact) mass is 407 g/mol. The van der Waals surface area contributed by atoms with Crippen LogP contribution in [0.25, 0.3) is 0 Å². The third-order valence-electron chi connectivity index (χ3n) is 6.90. The Kier molecular flexibility index (Phi) is 6.16. The van der Waals surface area contributed by atoms with Crippen molar-refractivity contribution in [1.82, 2.24) is 4.90 Å². The minimum Gasteiger partial charge on any atom is -0.508 e. The van der Waals surface area contributed by atoms with Crippen LogP contribution in [0, 0.1) is 5.92 Å². The number of aliphatic hydroxyl groups is 2. The molecule has 1 saturated heterocycles. The van der Waals surface area contributed by atoms with E-state index in [1.807, 2.05) is 6.07 Å². The Morgan fingerprint density at radius 3 is 2.38 bits per heavy atom. The molecule has 2 fully saturated rings. The van der Waals surface area contributed by atoms with E-state index in [1.54, 1.807) is 0 Å². The minimum atomic E-state index is -2.27. The summed E-state index contributed by atoms with van der Waals surface area (Å²) < 4.78 is 0. The summed E-state index contributed by atoms with van der Waals surface area (Å²) in [5.74, 6) is -2.27. The molecule has 8 heteroatoms. The number of benzene rings is 1. The highest BCUT2D eigenvalue weighted by atomic mass is 16.4. The highest BCUT2D eigenvalue weighted by Gasteiger charge is 2.53. The van der Waals surface area contributed by atoms with Crippen molar-refractivity contribution in [1.29, 1.82) is 0 Å². The number of carbonyl (C=O) groups is 2. The number of hydrogen-bond donors (Lipinski definition) is 5. The Balaban J connectivity index is 0.000000207. The summed E-state index contributed by atoms with van der Waals surface area (Å²) in [6, 6.07) is 6.85. The lowest BCUT2D eigenvalue weighted by Gasteiger charge is -2.58. The number of aromatic hydroxyl groups is 1. The average Bonchev–Trinajstić information content (AvgIpc) is 2.70. The lowest BCUT2D eigenvalue weighted by Crippen LogP contribution is -2.59. The second-order valence-electron chi connectivity index (χ2n) is 8.42. The van der Waals surface area contributed by atoms with Crippen molar-refractivity contribution in [2.75, 3.05) is 13.6 Å². The SMILES string of the molecule is CN1CC[C@@]23CCCC[C@@H]2[C@@H]1Cc1ccc(O)cc13.O=C(O)[C@@H](O)[C@@H](O)C(=O)O. The molecule has 1 aromatic carbocycles. The van der Waals surface area contributed by atoms with Crippen LogP contribution in [0.4, 0.5) is 0 Å². The van der Waals surface area contributed by atoms with Crippen molar-refractivity contribution >= 4 is 11.9 Å². The van der Waals surface area contributed by atoms with Crippen LogP contribution < -0.4 is 0 Å². The molecule has 5 atom stereocenters. The lowest BCUT2D eigenvalue weighted by atomic mass is 9.52. The minimum absolute atomic E-state index is 0.377. The van der Waals surface area contributed by atoms with Crippen LogP contribution in [0.3, 0.4) is 0 Å². The third-order valence-corrected chi connectivity index (χ3v) is 6.90. The number of carboxylic acids is 2. The molecule has 160 valence electrons. The Labute approximate surface area is 169 Å². The average molecular weight is 407 g/mol. The molecule has 0 amide bonds. The van der Waals surface area contributed by atoms with Crippen LogP contribution in [0.2, 0.25) is 0 Å². The number of nitrogens with zero attached hydrogens (tertiary/aromatic N) is 1. The summed E-state index contributed by atoms with van der Waals surface area (Å²) in [7, 11) is 2.30. The second kappa shape index (κ2) is 8.30. The number of aliphatic hydroxyl groups excluding tert-OH is 2. The van der Waals surface area contributed by atoms with Crippen LogP contribution in [-0.4, -0.2) is 74.2 Å². The molecule has 4 rings (SSSR count). The van der Waals surface area contributed by atoms with Gasteiger partial charge in [-0.05, 0) is 68.5 Å². The number of likely N-dealkylation sites (N-methyl/N-ethyl adjacent to an activating group) is 1. The largest absolute Gasteiger partial charge is 0.508 e. The second-order valence-corrected chi connectivity index (χ2v) is 8.42. The van der Waals surface area contributed by atoms with Crippen molar-refractivity contribution in [2.45, 2.75) is 62.2 Å². The van der Waals surface area contributed by atoms with E-state index in [2.05, 4.69) is 24.1 Å². The molecule has 0 unspecified atom stereocenters. The van der Waals surface area contributed by atoms with Crippen LogP contribution in [0.5, 0.6) is 5.75 Å². The first kappa shape index (κ1) is 21.5. The zero-order valence-corrected chi connectivity index (χ0v) is 16.5. The predicted molar refractivity (Wildman–Crippen MR) is 104 cm³/mol. The number of rotatable bonds is 3. The maximum Gasteiger partial charge on any atom is 0.335 e. The van der Waals surface area contributed by atoms with Gasteiger partial charge in [0, 0.05) is 11.5 Å². The number of piperidine rings is 1. The van der Waals surface area contributed by atoms with E-state index < -0.39 is 24.1 Å². The molecule has 5 N–H and O–H groups in total. The maximum absolute atomic E-state index is 9.91. The number of carboxylic acid groups (broad SMARTS) is 2. The smallest absolute Gasteiger partial charge is 0.335 e. The summed E-state index contributed by atoms with van der Waals surface area (Å²) in [4.78, 5) is 22.1. The van der Waals surface area contributed by atoms with E-state index >= 15 is 0 Å². The first-order chi connectivity index (χ1) is 13.7. The maximum atomic E-state index is 9.91. The molecule has 0 spiro atoms. The zero-order chi connectivity index (χ0) is 21.3. The van der Waals surface area contributed by atoms with Gasteiger partial charge in [0.2, 0.25) is 0 Å². The van der Waals surface area contributed by atoms with E-state index in [9.17, 15) is 14.7 Å². The highest BCUT2D eigenvalue weighted by molar-refractivity contribution is 5.83. The molecular formula is C21H29NO7. The van der Waals surface area contributed by atoms with Gasteiger partial charge >= 0.3 is 11.9 Å². The van der Waals surface area contributed by atoms with E-state index in [0.717, 1.165) is 12.0 Å². The highest BCUT2D eigenvalue weighted by Crippen LogP contribution is 2.55. The van der Waals surface area contributed by atoms with E-state index in [1.165, 1.54) is 56.2 Å². The number of phenolic OH excluding ortho intramolecular Hbond substituents is 1. The van der Waals surface area contributed by atoms with E-state index in [-0.39, 0.29) is 0 Å². The molecule has 0 aromatic heterocycles. The van der Waals surface area contributed by atoms with Crippen molar-refractivity contribution in [3.63, 3.8) is 0 Å². The number of likely N-dealkylation sites (tertiary alicyclic amines) is 1. The Hall–Kier alpha value is -2.16. The molecule has 2 aliphatic carbocycles. The number of fused-ring (bicyclic) bond motifs is 1. The first-order valence-electron chi connectivity index (χ1n) is 10.0. The van der Waals surface area contributed by atoms with Gasteiger partial charge in [-0.25, -0.2) is 9.59 Å². The van der Waals surface area contributed by atoms with Gasteiger partial charge in [-0.1, -0.05) is 18.9 Å². The van der Waals surface area contributed by atoms with Gasteiger partial charge in [-0.2, -0.15) is 0 Å². The van der Waals surface area contributed by atoms with Gasteiger partial charge in [-0.15, -0.1) is 0 Å². The normalized spacial score (nSPS) is 30.0. The Bertz CT molecular complexity index is 764. The Morgan fingerprint density at radius 2 is 1.76 bits per heavy atom. The predicted octanol–water partition coefficient (Wildman–Crippen LogP) is 0.958. The lowest BCUT2D eigenvalue weighted by molar-refractivity contribution is -0.165. The summed E-state index contributed by atoms with van der Waals surface area (Å²) >= 11 is 0. The van der Waals surface area contributed by atoms with Gasteiger partial charge in [0.1, 0.15) is 5.75 Å². The summed E-state index contributed by atoms with van der Waals surface area (Å²) in [6.07, 6.45) is 3.39. The van der Waals surface area contributed by atoms with Gasteiger partial charge in [-0.3, -0.25) is 0 Å². The first-order valence-corrected chi connectivity index (χ1v) is 10.0. The summed E-state index contributed by atoms with van der Waals surface area (Å²) in [5.41, 5.74) is 3.36. The molecule has 1 aliphatic heterocycles. The molecule has 2 bridgehead atoms. The molecule has 8 nitrogen and oxygen atoms in total. The molecule has 1 heterocycles. The quantitative estimate of drug-likeness (QED) is 0.499. The van der Waals surface area contributed by atoms with Crippen molar-refractivity contribution in [3.8, 4) is 5.75 Å². The van der Waals surface area contributed by atoms with Crippen molar-refractivity contribution < 1.29 is 35.1 Å². The fourth-order valence-corrected chi connectivity index (χ4v) is 5.45. The van der Waals surface area contributed by atoms with Gasteiger partial charge < -0.3 is 30.4 Å². The molecule has 3 aliphatic rings. The molecular weight excluding hydrogens is 378 g/mol. The summed E-state index contributed by atoms with van der Waals surface area (Å²) in [6.45, 7) is 1.22. The third kappa shape index (κ3) is 3.97. The Morgan fingerprint density at radius 1 is 1.10 bits per heavy atom. The van der Waals surface area contributed by atoms with Crippen LogP contribution in [0.1, 0.15) is 43.2 Å². The number of phenols is 1. The van der Waals surface area contributed by atoms with E-state index in [4.69, 9.17) is 20.4 Å². The van der Waals surface area contributed by atoms with Gasteiger partial charge in [0.05, 0.1) is 0 Å². The summed E-state index contributed by atoms with van der Waals surface area (Å²) in [5, 5.41) is 42.4. The molecule has 1 aromatic rings. The molecule has 0 radical (unpaired) electrons. The topological polar surface area (TPSA) is 139 Å². The fraction of sp³-hybridized carbons (Fsp3) is 0.619. The molecule has 29 heavy (non-hydrogen) atoms. The van der Waals surface area contributed by atoms with Crippen LogP contribution in [0.15, 0.2) is 18.2 Å². The zero-order valence-electron chi connectivity index (χ0n) is 16.5. The van der Waals surface area contributed by atoms with Crippen molar-refractivity contribution in [2.24, 2.45) is 5.92 Å². The van der Waals surface area contributed by atoms with Gasteiger partial charge in [0.15, 0.2) is 12.2 Å². The number of hydrogen-bond acceptors (Lipinski definition) is 6. The van der Waals surface area contributed by atoms with Gasteiger partial charge in [0.25, 0.3) is 0 Å².